The van der Waals surface area contributed by atoms with E-state index in [4.69, 9.17) is 5.11 Å². The lowest BCUT2D eigenvalue weighted by molar-refractivity contribution is -0.122. The zero-order valence-electron chi connectivity index (χ0n) is 12.0. The zero-order valence-corrected chi connectivity index (χ0v) is 12.0. The van der Waals surface area contributed by atoms with Gasteiger partial charge in [0.1, 0.15) is 0 Å². The maximum Gasteiger partial charge on any atom is 0.335 e. The molecule has 0 spiro atoms. The van der Waals surface area contributed by atoms with Crippen molar-refractivity contribution in [2.75, 3.05) is 38.2 Å². The summed E-state index contributed by atoms with van der Waals surface area (Å²) in [6.45, 7) is 1.69. The first-order chi connectivity index (χ1) is 10.0. The van der Waals surface area contributed by atoms with Crippen molar-refractivity contribution in [3.8, 4) is 0 Å². The maximum atomic E-state index is 12.6. The molecule has 114 valence electrons. The average molecular weight is 292 g/mol. The highest BCUT2D eigenvalue weighted by Gasteiger charge is 2.30. The number of benzene rings is 1. The van der Waals surface area contributed by atoms with Crippen molar-refractivity contribution < 1.29 is 19.8 Å². The van der Waals surface area contributed by atoms with E-state index in [9.17, 15) is 14.7 Å². The van der Waals surface area contributed by atoms with Gasteiger partial charge in [0.2, 0.25) is 5.91 Å². The number of hydrogen-bond donors (Lipinski definition) is 2. The summed E-state index contributed by atoms with van der Waals surface area (Å²) in [6, 6.07) is 6.15. The Labute approximate surface area is 123 Å². The van der Waals surface area contributed by atoms with Crippen molar-refractivity contribution in [2.45, 2.75) is 6.42 Å². The zero-order chi connectivity index (χ0) is 15.4. The van der Waals surface area contributed by atoms with E-state index in [0.29, 0.717) is 12.2 Å². The Morgan fingerprint density at radius 3 is 2.48 bits per heavy atom. The van der Waals surface area contributed by atoms with Crippen molar-refractivity contribution in [2.24, 2.45) is 5.92 Å². The third kappa shape index (κ3) is 3.59. The van der Waals surface area contributed by atoms with E-state index in [1.54, 1.807) is 12.1 Å². The Bertz CT molecular complexity index is 515. The van der Waals surface area contributed by atoms with Gasteiger partial charge in [0.05, 0.1) is 18.1 Å². The number of likely N-dealkylation sites (tertiary alicyclic amines) is 1. The number of aliphatic hydroxyl groups is 1. The predicted octanol–water partition coefficient (Wildman–Crippen LogP) is 0.662. The van der Waals surface area contributed by atoms with E-state index < -0.39 is 5.97 Å². The normalized spacial score (nSPS) is 18.7. The Morgan fingerprint density at radius 1 is 1.33 bits per heavy atom. The highest BCUT2D eigenvalue weighted by atomic mass is 16.4. The number of aliphatic hydroxyl groups excluding tert-OH is 1. The maximum absolute atomic E-state index is 12.6. The van der Waals surface area contributed by atoms with Crippen LogP contribution < -0.4 is 4.90 Å². The number of amides is 1. The molecule has 1 atom stereocenters. The molecule has 0 aliphatic carbocycles. The number of anilines is 1. The molecule has 1 saturated heterocycles. The number of carbonyl (C=O) groups is 2. The first-order valence-corrected chi connectivity index (χ1v) is 6.97. The SMILES string of the molecule is CN1CCC(C(=O)N(CCO)c2ccc(C(=O)O)cc2)C1. The molecule has 6 heteroatoms. The number of carbonyl (C=O) groups excluding carboxylic acids is 1. The molecule has 1 unspecified atom stereocenters. The van der Waals surface area contributed by atoms with Crippen LogP contribution in [-0.4, -0.2) is 60.3 Å². The van der Waals surface area contributed by atoms with Crippen molar-refractivity contribution in [1.29, 1.82) is 0 Å². The minimum Gasteiger partial charge on any atom is -0.478 e. The predicted molar refractivity (Wildman–Crippen MR) is 78.4 cm³/mol. The molecule has 0 saturated carbocycles. The van der Waals surface area contributed by atoms with E-state index in [2.05, 4.69) is 4.90 Å². The molecular weight excluding hydrogens is 272 g/mol. The summed E-state index contributed by atoms with van der Waals surface area (Å²) in [5, 5.41) is 18.1. The molecule has 1 fully saturated rings. The van der Waals surface area contributed by atoms with E-state index in [1.165, 1.54) is 17.0 Å². The standard InChI is InChI=1S/C15H20N2O4/c1-16-7-6-12(10-16)14(19)17(8-9-18)13-4-2-11(3-5-13)15(20)21/h2-5,12,18H,6-10H2,1H3,(H,20,21). The lowest BCUT2D eigenvalue weighted by atomic mass is 10.1. The molecular formula is C15H20N2O4. The van der Waals surface area contributed by atoms with Crippen molar-refractivity contribution in [1.82, 2.24) is 4.90 Å². The lowest BCUT2D eigenvalue weighted by Gasteiger charge is -2.25. The van der Waals surface area contributed by atoms with Crippen LogP contribution in [0.5, 0.6) is 0 Å². The van der Waals surface area contributed by atoms with Crippen LogP contribution in [0, 0.1) is 5.92 Å². The largest absolute Gasteiger partial charge is 0.478 e. The second kappa shape index (κ2) is 6.69. The Balaban J connectivity index is 2.17. The first-order valence-electron chi connectivity index (χ1n) is 6.97. The van der Waals surface area contributed by atoms with Crippen LogP contribution >= 0.6 is 0 Å². The fraction of sp³-hybridized carbons (Fsp3) is 0.467. The van der Waals surface area contributed by atoms with Gasteiger partial charge in [-0.15, -0.1) is 0 Å². The molecule has 6 nitrogen and oxygen atoms in total. The minimum absolute atomic E-state index is 0.0172. The van der Waals surface area contributed by atoms with Gasteiger partial charge in [-0.2, -0.15) is 0 Å². The molecule has 2 N–H and O–H groups in total. The molecule has 1 aromatic carbocycles. The molecule has 1 aliphatic rings. The van der Waals surface area contributed by atoms with Gasteiger partial charge in [-0.1, -0.05) is 0 Å². The van der Waals surface area contributed by atoms with Crippen molar-refractivity contribution >= 4 is 17.6 Å². The summed E-state index contributed by atoms with van der Waals surface area (Å²) >= 11 is 0. The summed E-state index contributed by atoms with van der Waals surface area (Å²) in [5.41, 5.74) is 0.796. The third-order valence-corrected chi connectivity index (χ3v) is 3.76. The molecule has 1 aliphatic heterocycles. The van der Waals surface area contributed by atoms with Crippen molar-refractivity contribution in [3.63, 3.8) is 0 Å². The molecule has 1 aromatic rings. The summed E-state index contributed by atoms with van der Waals surface area (Å²) in [5.74, 6) is -1.09. The Morgan fingerprint density at radius 2 is 2.00 bits per heavy atom. The average Bonchev–Trinajstić information content (AvgIpc) is 2.91. The minimum atomic E-state index is -1.00. The number of aromatic carboxylic acids is 1. The molecule has 1 heterocycles. The van der Waals surface area contributed by atoms with Crippen LogP contribution in [0.25, 0.3) is 0 Å². The van der Waals surface area contributed by atoms with Gasteiger partial charge in [0, 0.05) is 18.8 Å². The fourth-order valence-electron chi connectivity index (χ4n) is 2.61. The Kier molecular flexibility index (Phi) is 4.93. The van der Waals surface area contributed by atoms with Crippen LogP contribution in [0.2, 0.25) is 0 Å². The van der Waals surface area contributed by atoms with Gasteiger partial charge in [0.25, 0.3) is 0 Å². The number of hydrogen-bond acceptors (Lipinski definition) is 4. The Hall–Kier alpha value is -1.92. The van der Waals surface area contributed by atoms with E-state index in [1.807, 2.05) is 7.05 Å². The fourth-order valence-corrected chi connectivity index (χ4v) is 2.61. The molecule has 0 radical (unpaired) electrons. The molecule has 21 heavy (non-hydrogen) atoms. The third-order valence-electron chi connectivity index (χ3n) is 3.76. The summed E-state index contributed by atoms with van der Waals surface area (Å²) in [7, 11) is 1.98. The van der Waals surface area contributed by atoms with Gasteiger partial charge in [0.15, 0.2) is 0 Å². The van der Waals surface area contributed by atoms with Gasteiger partial charge >= 0.3 is 5.97 Å². The van der Waals surface area contributed by atoms with Gasteiger partial charge < -0.3 is 20.0 Å². The molecule has 0 aromatic heterocycles. The first kappa shape index (κ1) is 15.5. The van der Waals surface area contributed by atoms with Crippen LogP contribution in [0.4, 0.5) is 5.69 Å². The van der Waals surface area contributed by atoms with E-state index in [-0.39, 0.29) is 30.5 Å². The second-order valence-electron chi connectivity index (χ2n) is 5.31. The van der Waals surface area contributed by atoms with E-state index in [0.717, 1.165) is 13.0 Å². The van der Waals surface area contributed by atoms with Gasteiger partial charge in [-0.3, -0.25) is 4.79 Å². The van der Waals surface area contributed by atoms with E-state index >= 15 is 0 Å². The molecule has 0 bridgehead atoms. The quantitative estimate of drug-likeness (QED) is 0.833. The smallest absolute Gasteiger partial charge is 0.335 e. The highest BCUT2D eigenvalue weighted by molar-refractivity contribution is 5.96. The lowest BCUT2D eigenvalue weighted by Crippen LogP contribution is -2.39. The molecule has 1 amide bonds. The van der Waals surface area contributed by atoms with Gasteiger partial charge in [-0.05, 0) is 44.3 Å². The van der Waals surface area contributed by atoms with Crippen LogP contribution in [0.1, 0.15) is 16.8 Å². The monoisotopic (exact) mass is 292 g/mol. The highest BCUT2D eigenvalue weighted by Crippen LogP contribution is 2.22. The summed E-state index contributed by atoms with van der Waals surface area (Å²) in [6.07, 6.45) is 0.810. The van der Waals surface area contributed by atoms with Crippen LogP contribution in [-0.2, 0) is 4.79 Å². The molecule has 2 rings (SSSR count). The number of carboxylic acids is 1. The number of nitrogens with zero attached hydrogens (tertiary/aromatic N) is 2. The topological polar surface area (TPSA) is 81.1 Å². The van der Waals surface area contributed by atoms with Crippen LogP contribution in [0.3, 0.4) is 0 Å². The summed E-state index contributed by atoms with van der Waals surface area (Å²) in [4.78, 5) is 27.1. The number of carboxylic acid groups (broad SMARTS) is 1. The number of rotatable bonds is 5. The summed E-state index contributed by atoms with van der Waals surface area (Å²) < 4.78 is 0. The van der Waals surface area contributed by atoms with Crippen LogP contribution in [0.15, 0.2) is 24.3 Å². The van der Waals surface area contributed by atoms with Crippen molar-refractivity contribution in [3.05, 3.63) is 29.8 Å². The van der Waals surface area contributed by atoms with Gasteiger partial charge in [-0.25, -0.2) is 4.79 Å². The second-order valence-corrected chi connectivity index (χ2v) is 5.31.